The maximum atomic E-state index is 13.9. The number of primary sulfonamides is 1. The van der Waals surface area contributed by atoms with Gasteiger partial charge in [-0.1, -0.05) is 23.7 Å². The minimum Gasteiger partial charge on any atom is -0.444 e. The van der Waals surface area contributed by atoms with Gasteiger partial charge >= 0.3 is 0 Å². The summed E-state index contributed by atoms with van der Waals surface area (Å²) >= 11 is 5.94. The van der Waals surface area contributed by atoms with Crippen molar-refractivity contribution in [1.82, 2.24) is 9.78 Å². The van der Waals surface area contributed by atoms with E-state index in [-0.39, 0.29) is 34.2 Å². The number of hydrogen-bond donors (Lipinski definition) is 2. The summed E-state index contributed by atoms with van der Waals surface area (Å²) in [6.07, 6.45) is 2.76. The van der Waals surface area contributed by atoms with Crippen LogP contribution < -0.4 is 10.5 Å². The standard InChI is InChI=1S/C19H18ClFN4O4S/c20-16-2-1-3-17(21)15(16)9-19(27)24-13-4-5-14(18(8-13)30(22,28)29)12-10-23-25(11-12)6-7-26/h1-5,8,10-11,26H,6-7,9H2,(H,24,27)(H2,22,28,29)/p+1. The van der Waals surface area contributed by atoms with E-state index in [1.807, 2.05) is 0 Å². The Kier molecular flexibility index (Phi) is 6.52. The maximum absolute atomic E-state index is 13.9. The van der Waals surface area contributed by atoms with Crippen molar-refractivity contribution in [1.29, 1.82) is 0 Å². The van der Waals surface area contributed by atoms with Crippen molar-refractivity contribution < 1.29 is 22.7 Å². The first-order valence-corrected chi connectivity index (χ1v) is 10.7. The lowest BCUT2D eigenvalue weighted by molar-refractivity contribution is -0.115. The van der Waals surface area contributed by atoms with Gasteiger partial charge in [-0.3, -0.25) is 9.48 Å². The van der Waals surface area contributed by atoms with E-state index in [0.29, 0.717) is 17.7 Å². The van der Waals surface area contributed by atoms with Gasteiger partial charge in [0.1, 0.15) is 12.4 Å². The first-order valence-electron chi connectivity index (χ1n) is 8.76. The number of halogens is 2. The molecule has 0 atom stereocenters. The van der Waals surface area contributed by atoms with Crippen molar-refractivity contribution >= 4 is 33.2 Å². The molecular formula is C19H19ClFN4O4S+. The highest BCUT2D eigenvalue weighted by Gasteiger charge is 2.19. The molecule has 0 spiro atoms. The third-order valence-electron chi connectivity index (χ3n) is 4.26. The van der Waals surface area contributed by atoms with Crippen LogP contribution in [0.1, 0.15) is 5.56 Å². The maximum Gasteiger partial charge on any atom is 0.238 e. The molecule has 0 saturated carbocycles. The summed E-state index contributed by atoms with van der Waals surface area (Å²) in [7, 11) is -4.12. The van der Waals surface area contributed by atoms with E-state index in [1.54, 1.807) is 6.20 Å². The molecule has 0 aliphatic heterocycles. The van der Waals surface area contributed by atoms with E-state index in [4.69, 9.17) is 21.8 Å². The Labute approximate surface area is 177 Å². The zero-order valence-corrected chi connectivity index (χ0v) is 17.2. The number of carbonyl (C=O) groups excluding carboxylic acids is 1. The molecule has 0 fully saturated rings. The van der Waals surface area contributed by atoms with E-state index in [9.17, 15) is 17.6 Å². The molecule has 0 bridgehead atoms. The average Bonchev–Trinajstić information content (AvgIpc) is 3.13. The van der Waals surface area contributed by atoms with Gasteiger partial charge in [0, 0.05) is 33.6 Å². The van der Waals surface area contributed by atoms with Crippen LogP contribution in [0.5, 0.6) is 0 Å². The Morgan fingerprint density at radius 1 is 1.30 bits per heavy atom. The normalized spacial score (nSPS) is 11.5. The Morgan fingerprint density at radius 2 is 2.07 bits per heavy atom. The van der Waals surface area contributed by atoms with Gasteiger partial charge in [-0.15, -0.1) is 0 Å². The molecule has 158 valence electrons. The molecule has 11 heteroatoms. The molecule has 1 aromatic heterocycles. The summed E-state index contributed by atoms with van der Waals surface area (Å²) in [4.78, 5) is 12.1. The second kappa shape index (κ2) is 8.92. The van der Waals surface area contributed by atoms with E-state index < -0.39 is 21.7 Å². The lowest BCUT2D eigenvalue weighted by Gasteiger charge is -2.11. The number of nitrogens with two attached hydrogens (primary N) is 1. The van der Waals surface area contributed by atoms with Crippen LogP contribution in [0.2, 0.25) is 5.02 Å². The molecule has 0 unspecified atom stereocenters. The number of amides is 1. The molecule has 0 saturated heterocycles. The zero-order valence-electron chi connectivity index (χ0n) is 15.6. The molecule has 30 heavy (non-hydrogen) atoms. The molecule has 2 aromatic carbocycles. The molecule has 5 N–H and O–H groups in total. The van der Waals surface area contributed by atoms with Crippen LogP contribution >= 0.6 is 11.6 Å². The third kappa shape index (κ3) is 5.03. The lowest BCUT2D eigenvalue weighted by atomic mass is 10.1. The summed E-state index contributed by atoms with van der Waals surface area (Å²) in [6.45, 7) is 0.484. The number of benzene rings is 2. The van der Waals surface area contributed by atoms with Gasteiger partial charge in [0.15, 0.2) is 6.61 Å². The molecule has 0 aliphatic rings. The smallest absolute Gasteiger partial charge is 0.238 e. The third-order valence-corrected chi connectivity index (χ3v) is 5.56. The topological polar surface area (TPSA) is 130 Å². The number of aromatic nitrogens is 2. The molecule has 3 aromatic rings. The summed E-state index contributed by atoms with van der Waals surface area (Å²) in [5, 5.41) is 19.3. The highest BCUT2D eigenvalue weighted by atomic mass is 35.5. The molecule has 3 rings (SSSR count). The molecule has 8 nitrogen and oxygen atoms in total. The van der Waals surface area contributed by atoms with Gasteiger partial charge < -0.3 is 10.4 Å². The first-order chi connectivity index (χ1) is 14.2. The van der Waals surface area contributed by atoms with Crippen LogP contribution in [0.25, 0.3) is 11.1 Å². The van der Waals surface area contributed by atoms with E-state index in [1.165, 1.54) is 47.3 Å². The van der Waals surface area contributed by atoms with E-state index >= 15 is 0 Å². The molecule has 0 radical (unpaired) electrons. The first kappa shape index (κ1) is 21.9. The number of nitrogens with one attached hydrogen (secondary N) is 1. The van der Waals surface area contributed by atoms with Crippen molar-refractivity contribution in [3.05, 3.63) is 65.2 Å². The number of hydrogen-bond acceptors (Lipinski definition) is 4. The highest BCUT2D eigenvalue weighted by Crippen LogP contribution is 2.29. The number of sulfonamides is 1. The zero-order chi connectivity index (χ0) is 21.9. The number of carbonyl (C=O) groups is 1. The van der Waals surface area contributed by atoms with Crippen molar-refractivity contribution in [2.75, 3.05) is 11.9 Å². The van der Waals surface area contributed by atoms with Crippen LogP contribution in [0.15, 0.2) is 53.7 Å². The monoisotopic (exact) mass is 453 g/mol. The SMILES string of the molecule is NS(=O)(=O)c1cc(NC(=O)Cc2c(F)cccc2Cl)ccc1-c1cnn(CC[OH2+])c1. The second-order valence-electron chi connectivity index (χ2n) is 6.42. The summed E-state index contributed by atoms with van der Waals surface area (Å²) < 4.78 is 39.6. The van der Waals surface area contributed by atoms with Crippen molar-refractivity contribution in [2.24, 2.45) is 5.14 Å². The van der Waals surface area contributed by atoms with Crippen molar-refractivity contribution in [3.63, 3.8) is 0 Å². The minimum atomic E-state index is -4.12. The van der Waals surface area contributed by atoms with Gasteiger partial charge in [0.2, 0.25) is 15.9 Å². The predicted octanol–water partition coefficient (Wildman–Crippen LogP) is 1.90. The van der Waals surface area contributed by atoms with Crippen LogP contribution in [-0.4, -0.2) is 35.8 Å². The quantitative estimate of drug-likeness (QED) is 0.529. The number of rotatable bonds is 7. The lowest BCUT2D eigenvalue weighted by Crippen LogP contribution is -2.17. The molecule has 1 amide bonds. The van der Waals surface area contributed by atoms with Gasteiger partial charge in [-0.2, -0.15) is 5.10 Å². The predicted molar refractivity (Wildman–Crippen MR) is 111 cm³/mol. The second-order valence-corrected chi connectivity index (χ2v) is 8.36. The largest absolute Gasteiger partial charge is 0.444 e. The fourth-order valence-corrected chi connectivity index (χ4v) is 3.89. The molecule has 0 aliphatic carbocycles. The van der Waals surface area contributed by atoms with Gasteiger partial charge in [-0.25, -0.2) is 17.9 Å². The highest BCUT2D eigenvalue weighted by molar-refractivity contribution is 7.89. The Morgan fingerprint density at radius 3 is 2.73 bits per heavy atom. The summed E-state index contributed by atoms with van der Waals surface area (Å²) in [6, 6.07) is 8.33. The van der Waals surface area contributed by atoms with Crippen LogP contribution in [0.4, 0.5) is 10.1 Å². The van der Waals surface area contributed by atoms with Gasteiger partial charge in [0.05, 0.1) is 17.5 Å². The number of nitrogens with zero attached hydrogens (tertiary/aromatic N) is 2. The van der Waals surface area contributed by atoms with E-state index in [2.05, 4.69) is 10.4 Å². The molecular weight excluding hydrogens is 435 g/mol. The van der Waals surface area contributed by atoms with Crippen LogP contribution in [-0.2, 0) is 27.8 Å². The van der Waals surface area contributed by atoms with Crippen molar-refractivity contribution in [2.45, 2.75) is 17.9 Å². The fourth-order valence-electron chi connectivity index (χ4n) is 2.88. The fraction of sp³-hybridized carbons (Fsp3) is 0.158. The van der Waals surface area contributed by atoms with Crippen LogP contribution in [0.3, 0.4) is 0 Å². The molecule has 1 heterocycles. The Hall–Kier alpha value is -2.79. The van der Waals surface area contributed by atoms with Crippen LogP contribution in [0, 0.1) is 5.82 Å². The number of anilines is 1. The van der Waals surface area contributed by atoms with E-state index in [0.717, 1.165) is 0 Å². The van der Waals surface area contributed by atoms with Crippen molar-refractivity contribution in [3.8, 4) is 11.1 Å². The average molecular weight is 454 g/mol. The van der Waals surface area contributed by atoms with Gasteiger partial charge in [-0.05, 0) is 24.3 Å². The van der Waals surface area contributed by atoms with Gasteiger partial charge in [0.25, 0.3) is 0 Å². The summed E-state index contributed by atoms with van der Waals surface area (Å²) in [5.41, 5.74) is 1.04. The Bertz CT molecular complexity index is 1180. The minimum absolute atomic E-state index is 0.0433. The Balaban J connectivity index is 1.88. The summed E-state index contributed by atoms with van der Waals surface area (Å²) in [5.74, 6) is -1.18.